The normalized spacial score (nSPS) is 12.5. The molecule has 4 aromatic rings. The number of hydrogen-bond acceptors (Lipinski definition) is 7. The predicted octanol–water partition coefficient (Wildman–Crippen LogP) is 5.24. The summed E-state index contributed by atoms with van der Waals surface area (Å²) in [6.07, 6.45) is 0.658. The zero-order valence-corrected chi connectivity index (χ0v) is 27.2. The van der Waals surface area contributed by atoms with Crippen LogP contribution in [0.5, 0.6) is 0 Å². The highest BCUT2D eigenvalue weighted by atomic mass is 32.2. The van der Waals surface area contributed by atoms with Crippen molar-refractivity contribution in [3.63, 3.8) is 0 Å². The van der Waals surface area contributed by atoms with Gasteiger partial charge in [-0.05, 0) is 39.7 Å². The second kappa shape index (κ2) is 14.7. The van der Waals surface area contributed by atoms with Crippen LogP contribution in [0.25, 0.3) is 0 Å². The smallest absolute Gasteiger partial charge is 0.263 e. The fraction of sp³-hybridized carbons (Fsp3) is 0.290. The largest absolute Gasteiger partial charge is 0.396 e. The minimum absolute atomic E-state index is 0.0381. The summed E-state index contributed by atoms with van der Waals surface area (Å²) in [6.45, 7) is 10.1. The SMILES string of the molecule is CC.CC(C)(C)[Si](OC(CCO)C(=O)Nc1ccc(S(=O)(=O)Nc2nccs2)cc1)(c1ccccc1)c1ccccc1. The molecule has 11 heteroatoms. The number of sulfonamides is 1. The van der Waals surface area contributed by atoms with Crippen LogP contribution in [0.3, 0.4) is 0 Å². The monoisotopic (exact) mass is 625 g/mol. The molecule has 1 heterocycles. The van der Waals surface area contributed by atoms with Crippen LogP contribution in [0.15, 0.2) is 101 Å². The van der Waals surface area contributed by atoms with Gasteiger partial charge in [-0.3, -0.25) is 9.52 Å². The van der Waals surface area contributed by atoms with E-state index in [9.17, 15) is 18.3 Å². The quantitative estimate of drug-likeness (QED) is 0.196. The van der Waals surface area contributed by atoms with Crippen molar-refractivity contribution in [2.24, 2.45) is 0 Å². The number of aliphatic hydroxyl groups excluding tert-OH is 1. The van der Waals surface area contributed by atoms with Crippen molar-refractivity contribution in [2.75, 3.05) is 16.6 Å². The fourth-order valence-electron chi connectivity index (χ4n) is 4.65. The van der Waals surface area contributed by atoms with Crippen LogP contribution in [0.4, 0.5) is 10.8 Å². The Morgan fingerprint density at radius 2 is 1.50 bits per heavy atom. The first-order valence-corrected chi connectivity index (χ1v) is 18.1. The molecule has 3 N–H and O–H groups in total. The van der Waals surface area contributed by atoms with Crippen LogP contribution < -0.4 is 20.4 Å². The van der Waals surface area contributed by atoms with Crippen LogP contribution in [-0.4, -0.2) is 45.4 Å². The lowest BCUT2D eigenvalue weighted by molar-refractivity contribution is -0.123. The van der Waals surface area contributed by atoms with Gasteiger partial charge in [0.25, 0.3) is 24.2 Å². The maximum absolute atomic E-state index is 13.6. The Balaban J connectivity index is 0.00000237. The third-order valence-electron chi connectivity index (χ3n) is 6.51. The van der Waals surface area contributed by atoms with E-state index in [-0.39, 0.29) is 28.1 Å². The summed E-state index contributed by atoms with van der Waals surface area (Å²) in [5.41, 5.74) is 0.409. The predicted molar refractivity (Wildman–Crippen MR) is 174 cm³/mol. The number of carbonyl (C=O) groups excluding carboxylic acids is 1. The molecule has 0 saturated heterocycles. The Bertz CT molecular complexity index is 1450. The van der Waals surface area contributed by atoms with Gasteiger partial charge in [0.2, 0.25) is 0 Å². The summed E-state index contributed by atoms with van der Waals surface area (Å²) >= 11 is 1.18. The van der Waals surface area contributed by atoms with Gasteiger partial charge in [-0.25, -0.2) is 13.4 Å². The third-order valence-corrected chi connectivity index (χ3v) is 13.7. The second-order valence-corrected chi connectivity index (χ2v) is 17.1. The summed E-state index contributed by atoms with van der Waals surface area (Å²) in [5, 5.41) is 16.4. The van der Waals surface area contributed by atoms with Crippen LogP contribution >= 0.6 is 11.3 Å². The first-order valence-electron chi connectivity index (χ1n) is 13.8. The van der Waals surface area contributed by atoms with Gasteiger partial charge >= 0.3 is 0 Å². The highest BCUT2D eigenvalue weighted by Crippen LogP contribution is 2.38. The maximum atomic E-state index is 13.6. The number of anilines is 2. The van der Waals surface area contributed by atoms with Crippen molar-refractivity contribution in [1.82, 2.24) is 4.98 Å². The van der Waals surface area contributed by atoms with Gasteiger partial charge in [0.1, 0.15) is 6.10 Å². The molecule has 1 amide bonds. The number of amides is 1. The number of nitrogens with one attached hydrogen (secondary N) is 2. The average Bonchev–Trinajstić information content (AvgIpc) is 3.49. The molecule has 3 aromatic carbocycles. The number of nitrogens with zero attached hydrogens (tertiary/aromatic N) is 1. The lowest BCUT2D eigenvalue weighted by Gasteiger charge is -2.44. The van der Waals surface area contributed by atoms with Crippen molar-refractivity contribution >= 4 is 56.8 Å². The summed E-state index contributed by atoms with van der Waals surface area (Å²) in [4.78, 5) is 17.6. The molecule has 0 radical (unpaired) electrons. The highest BCUT2D eigenvalue weighted by molar-refractivity contribution is 7.93. The average molecular weight is 626 g/mol. The van der Waals surface area contributed by atoms with Crippen LogP contribution in [0.2, 0.25) is 5.04 Å². The van der Waals surface area contributed by atoms with Crippen molar-refractivity contribution in [1.29, 1.82) is 0 Å². The summed E-state index contributed by atoms with van der Waals surface area (Å²) in [7, 11) is -6.88. The zero-order valence-electron chi connectivity index (χ0n) is 24.6. The summed E-state index contributed by atoms with van der Waals surface area (Å²) < 4.78 is 34.7. The molecular formula is C31H39N3O5S2Si. The lowest BCUT2D eigenvalue weighted by Crippen LogP contribution is -2.68. The highest BCUT2D eigenvalue weighted by Gasteiger charge is 2.52. The topological polar surface area (TPSA) is 118 Å². The van der Waals surface area contributed by atoms with Crippen molar-refractivity contribution in [3.8, 4) is 0 Å². The summed E-state index contributed by atoms with van der Waals surface area (Å²) in [6, 6.07) is 25.8. The van der Waals surface area contributed by atoms with Gasteiger partial charge in [0.15, 0.2) is 5.13 Å². The van der Waals surface area contributed by atoms with E-state index in [0.29, 0.717) is 5.69 Å². The van der Waals surface area contributed by atoms with Gasteiger partial charge in [-0.2, -0.15) is 0 Å². The Morgan fingerprint density at radius 1 is 0.952 bits per heavy atom. The van der Waals surface area contributed by atoms with Crippen LogP contribution in [0.1, 0.15) is 41.0 Å². The van der Waals surface area contributed by atoms with Crippen molar-refractivity contribution in [3.05, 3.63) is 96.5 Å². The van der Waals surface area contributed by atoms with Crippen molar-refractivity contribution < 1.29 is 22.7 Å². The Morgan fingerprint density at radius 3 is 1.95 bits per heavy atom. The van der Waals surface area contributed by atoms with E-state index >= 15 is 0 Å². The third kappa shape index (κ3) is 7.72. The standard InChI is InChI=1S/C29H33N3O5S2Si.C2H6/c1-29(2,3)40(24-10-6-4-7-11-24,25-12-8-5-9-13-25)37-26(18-20-33)27(34)31-22-14-16-23(17-15-22)39(35,36)32-28-30-19-21-38-28;1-2/h4-17,19,21,26,33H,18,20H2,1-3H3,(H,30,32)(H,31,34);1-2H3. The molecule has 1 unspecified atom stereocenters. The Labute approximate surface area is 254 Å². The molecule has 1 atom stereocenters. The molecule has 224 valence electrons. The molecule has 42 heavy (non-hydrogen) atoms. The molecule has 4 rings (SSSR count). The molecule has 0 aliphatic heterocycles. The number of aromatic nitrogens is 1. The Kier molecular flexibility index (Phi) is 11.6. The van der Waals surface area contributed by atoms with Gasteiger partial charge < -0.3 is 14.8 Å². The molecule has 0 fully saturated rings. The molecule has 0 aliphatic carbocycles. The van der Waals surface area contributed by atoms with E-state index in [2.05, 4.69) is 35.8 Å². The number of thiazole rings is 1. The minimum Gasteiger partial charge on any atom is -0.396 e. The van der Waals surface area contributed by atoms with E-state index in [1.165, 1.54) is 41.8 Å². The van der Waals surface area contributed by atoms with Gasteiger partial charge in [-0.15, -0.1) is 11.3 Å². The molecule has 8 nitrogen and oxygen atoms in total. The first kappa shape index (κ1) is 33.2. The lowest BCUT2D eigenvalue weighted by atomic mass is 10.2. The molecule has 0 spiro atoms. The van der Waals surface area contributed by atoms with Gasteiger partial charge in [-0.1, -0.05) is 95.3 Å². The molecule has 0 saturated carbocycles. The van der Waals surface area contributed by atoms with Crippen LogP contribution in [0, 0.1) is 0 Å². The molecular weight excluding hydrogens is 587 g/mol. The number of aliphatic hydroxyl groups is 1. The van der Waals surface area contributed by atoms with Crippen molar-refractivity contribution in [2.45, 2.75) is 57.1 Å². The van der Waals surface area contributed by atoms with E-state index in [1.54, 1.807) is 5.38 Å². The second-order valence-electron chi connectivity index (χ2n) is 10.2. The fourth-order valence-corrected chi connectivity index (χ4v) is 11.1. The zero-order chi connectivity index (χ0) is 30.8. The molecule has 0 aliphatic rings. The first-order chi connectivity index (χ1) is 20.1. The number of hydrogen-bond donors (Lipinski definition) is 3. The summed E-state index contributed by atoms with van der Waals surface area (Å²) in [5.74, 6) is -0.418. The van der Waals surface area contributed by atoms with Crippen LogP contribution in [-0.2, 0) is 19.2 Å². The number of carbonyl (C=O) groups is 1. The molecule has 0 bridgehead atoms. The van der Waals surface area contributed by atoms with E-state index in [0.717, 1.165) is 10.4 Å². The van der Waals surface area contributed by atoms with E-state index < -0.39 is 30.4 Å². The maximum Gasteiger partial charge on any atom is 0.263 e. The van der Waals surface area contributed by atoms with E-state index in [4.69, 9.17) is 4.43 Å². The number of rotatable bonds is 11. The van der Waals surface area contributed by atoms with Gasteiger partial charge in [0.05, 0.1) is 4.90 Å². The Hall–Kier alpha value is -3.35. The number of benzene rings is 3. The molecule has 1 aromatic heterocycles. The van der Waals surface area contributed by atoms with Gasteiger partial charge in [0, 0.05) is 30.3 Å². The minimum atomic E-state index is -3.82. The van der Waals surface area contributed by atoms with E-state index in [1.807, 2.05) is 74.5 Å².